The molecule has 1 heterocycles. The third-order valence-corrected chi connectivity index (χ3v) is 6.50. The Morgan fingerprint density at radius 3 is 2.83 bits per heavy atom. The molecule has 0 radical (unpaired) electrons. The Kier molecular flexibility index (Phi) is 7.99. The molecule has 1 aromatic carbocycles. The Morgan fingerprint density at radius 1 is 1.30 bits per heavy atom. The van der Waals surface area contributed by atoms with Crippen LogP contribution in [0.1, 0.15) is 56.6 Å². The van der Waals surface area contributed by atoms with Crippen molar-refractivity contribution in [3.8, 4) is 17.6 Å². The number of ether oxygens (including phenoxy) is 1. The molecule has 2 N–H and O–H groups in total. The van der Waals surface area contributed by atoms with Gasteiger partial charge in [-0.15, -0.1) is 11.8 Å². The maximum atomic E-state index is 10.7. The van der Waals surface area contributed by atoms with Crippen molar-refractivity contribution >= 4 is 0 Å². The van der Waals surface area contributed by atoms with Gasteiger partial charge < -0.3 is 19.8 Å². The maximum absolute atomic E-state index is 10.7. The monoisotopic (exact) mass is 411 g/mol. The SMILES string of the molecule is CC#CCC(C)[C@H](O)/C=C/[C@H]1[C@H](O)CC2Oc3c(CCCCN(C)C)cccc3[C@@H]21. The molecule has 1 saturated carbocycles. The molecule has 1 aliphatic heterocycles. The predicted molar refractivity (Wildman–Crippen MR) is 122 cm³/mol. The van der Waals surface area contributed by atoms with Crippen LogP contribution in [-0.4, -0.2) is 54.1 Å². The minimum Gasteiger partial charge on any atom is -0.489 e. The average molecular weight is 412 g/mol. The van der Waals surface area contributed by atoms with E-state index in [-0.39, 0.29) is 23.9 Å². The number of aliphatic hydroxyl groups is 2. The minimum absolute atomic E-state index is 0.0214. The van der Waals surface area contributed by atoms with Gasteiger partial charge in [-0.3, -0.25) is 0 Å². The van der Waals surface area contributed by atoms with Crippen LogP contribution in [0.4, 0.5) is 0 Å². The van der Waals surface area contributed by atoms with Gasteiger partial charge >= 0.3 is 0 Å². The highest BCUT2D eigenvalue weighted by molar-refractivity contribution is 5.49. The number of aryl methyl sites for hydroxylation is 1. The van der Waals surface area contributed by atoms with Crippen LogP contribution in [0.5, 0.6) is 5.75 Å². The lowest BCUT2D eigenvalue weighted by Crippen LogP contribution is -2.19. The van der Waals surface area contributed by atoms with E-state index < -0.39 is 12.2 Å². The molecule has 6 atom stereocenters. The van der Waals surface area contributed by atoms with Crippen LogP contribution < -0.4 is 4.74 Å². The van der Waals surface area contributed by atoms with Gasteiger partial charge in [0, 0.05) is 30.2 Å². The molecular formula is C26H37NO3. The summed E-state index contributed by atoms with van der Waals surface area (Å²) in [4.78, 5) is 2.22. The largest absolute Gasteiger partial charge is 0.489 e. The first-order valence-electron chi connectivity index (χ1n) is 11.3. The van der Waals surface area contributed by atoms with Crippen molar-refractivity contribution in [2.24, 2.45) is 11.8 Å². The Labute approximate surface area is 181 Å². The summed E-state index contributed by atoms with van der Waals surface area (Å²) in [6.07, 6.45) is 7.54. The van der Waals surface area contributed by atoms with Gasteiger partial charge in [0.1, 0.15) is 11.9 Å². The molecule has 0 amide bonds. The van der Waals surface area contributed by atoms with Crippen molar-refractivity contribution in [3.63, 3.8) is 0 Å². The van der Waals surface area contributed by atoms with Gasteiger partial charge in [0.05, 0.1) is 12.2 Å². The van der Waals surface area contributed by atoms with E-state index in [1.54, 1.807) is 0 Å². The zero-order valence-corrected chi connectivity index (χ0v) is 18.8. The second-order valence-electron chi connectivity index (χ2n) is 9.14. The topological polar surface area (TPSA) is 52.9 Å². The number of benzene rings is 1. The fourth-order valence-electron chi connectivity index (χ4n) is 4.72. The van der Waals surface area contributed by atoms with Gasteiger partial charge in [0.25, 0.3) is 0 Å². The summed E-state index contributed by atoms with van der Waals surface area (Å²) in [6.45, 7) is 4.92. The van der Waals surface area contributed by atoms with E-state index in [1.165, 1.54) is 17.5 Å². The van der Waals surface area contributed by atoms with Crippen molar-refractivity contribution in [2.75, 3.05) is 20.6 Å². The van der Waals surface area contributed by atoms with E-state index in [9.17, 15) is 10.2 Å². The highest BCUT2D eigenvalue weighted by atomic mass is 16.5. The normalized spacial score (nSPS) is 26.8. The first-order chi connectivity index (χ1) is 14.4. The molecule has 0 aromatic heterocycles. The second kappa shape index (κ2) is 10.5. The summed E-state index contributed by atoms with van der Waals surface area (Å²) in [6, 6.07) is 6.45. The molecule has 1 aliphatic carbocycles. The second-order valence-corrected chi connectivity index (χ2v) is 9.14. The average Bonchev–Trinajstić information content (AvgIpc) is 3.22. The number of nitrogens with zero attached hydrogens (tertiary/aromatic N) is 1. The molecule has 30 heavy (non-hydrogen) atoms. The van der Waals surface area contributed by atoms with Gasteiger partial charge in [-0.25, -0.2) is 0 Å². The molecule has 4 heteroatoms. The van der Waals surface area contributed by atoms with Crippen LogP contribution in [0.25, 0.3) is 0 Å². The third kappa shape index (κ3) is 5.27. The lowest BCUT2D eigenvalue weighted by atomic mass is 9.86. The van der Waals surface area contributed by atoms with Gasteiger partial charge in [0.15, 0.2) is 0 Å². The van der Waals surface area contributed by atoms with E-state index in [1.807, 2.05) is 26.0 Å². The lowest BCUT2D eigenvalue weighted by molar-refractivity contribution is 0.134. The van der Waals surface area contributed by atoms with Crippen LogP contribution in [0, 0.1) is 23.7 Å². The molecular weight excluding hydrogens is 374 g/mol. The van der Waals surface area contributed by atoms with Crippen molar-refractivity contribution in [2.45, 2.75) is 70.2 Å². The fraction of sp³-hybridized carbons (Fsp3) is 0.615. The Bertz CT molecular complexity index is 791. The standard InChI is InChI=1S/C26H37NO3/c1-5-6-10-18(2)22(28)15-14-20-23(29)17-24-25(20)21-13-9-12-19(26(21)30-24)11-7-8-16-27(3)4/h9,12-15,18,20,22-25,28-29H,7-8,10-11,16-17H2,1-4H3/b15-14+/t18?,20-,22+,23+,24?,25-/m0/s1. The fourth-order valence-corrected chi connectivity index (χ4v) is 4.72. The zero-order chi connectivity index (χ0) is 21.7. The quantitative estimate of drug-likeness (QED) is 0.369. The molecule has 0 bridgehead atoms. The molecule has 0 spiro atoms. The molecule has 2 unspecified atom stereocenters. The van der Waals surface area contributed by atoms with Crippen molar-refractivity contribution in [1.82, 2.24) is 4.90 Å². The number of para-hydroxylation sites is 1. The van der Waals surface area contributed by atoms with Gasteiger partial charge in [-0.1, -0.05) is 37.3 Å². The molecule has 3 rings (SSSR count). The smallest absolute Gasteiger partial charge is 0.126 e. The molecule has 0 saturated heterocycles. The number of hydrogen-bond donors (Lipinski definition) is 2. The first kappa shape index (κ1) is 22.9. The number of unbranched alkanes of at least 4 members (excludes halogenated alkanes) is 1. The summed E-state index contributed by atoms with van der Waals surface area (Å²) >= 11 is 0. The predicted octanol–water partition coefficient (Wildman–Crippen LogP) is 3.76. The van der Waals surface area contributed by atoms with E-state index in [0.717, 1.165) is 25.1 Å². The minimum atomic E-state index is -0.554. The summed E-state index contributed by atoms with van der Waals surface area (Å²) in [5, 5.41) is 21.1. The maximum Gasteiger partial charge on any atom is 0.126 e. The number of hydrogen-bond acceptors (Lipinski definition) is 4. The van der Waals surface area contributed by atoms with Crippen LogP contribution in [0.2, 0.25) is 0 Å². The first-order valence-corrected chi connectivity index (χ1v) is 11.3. The van der Waals surface area contributed by atoms with Crippen molar-refractivity contribution in [3.05, 3.63) is 41.5 Å². The van der Waals surface area contributed by atoms with Crippen LogP contribution >= 0.6 is 0 Å². The lowest BCUT2D eigenvalue weighted by Gasteiger charge is -2.19. The molecule has 1 aromatic rings. The van der Waals surface area contributed by atoms with Crippen molar-refractivity contribution < 1.29 is 14.9 Å². The highest BCUT2D eigenvalue weighted by Gasteiger charge is 2.48. The Morgan fingerprint density at radius 2 is 2.10 bits per heavy atom. The molecule has 1 fully saturated rings. The van der Waals surface area contributed by atoms with Crippen LogP contribution in [0.15, 0.2) is 30.4 Å². The van der Waals surface area contributed by atoms with E-state index in [4.69, 9.17) is 4.74 Å². The van der Waals surface area contributed by atoms with Crippen LogP contribution in [0.3, 0.4) is 0 Å². The number of fused-ring (bicyclic) bond motifs is 3. The zero-order valence-electron chi connectivity index (χ0n) is 18.8. The molecule has 164 valence electrons. The number of rotatable bonds is 9. The number of aliphatic hydroxyl groups excluding tert-OH is 2. The van der Waals surface area contributed by atoms with E-state index >= 15 is 0 Å². The summed E-state index contributed by atoms with van der Waals surface area (Å²) in [5.41, 5.74) is 2.50. The van der Waals surface area contributed by atoms with Crippen LogP contribution in [-0.2, 0) is 6.42 Å². The van der Waals surface area contributed by atoms with E-state index in [2.05, 4.69) is 49.0 Å². The summed E-state index contributed by atoms with van der Waals surface area (Å²) < 4.78 is 6.36. The molecule has 4 nitrogen and oxygen atoms in total. The Balaban J connectivity index is 1.70. The van der Waals surface area contributed by atoms with Gasteiger partial charge in [-0.05, 0) is 58.3 Å². The van der Waals surface area contributed by atoms with Crippen molar-refractivity contribution in [1.29, 1.82) is 0 Å². The Hall–Kier alpha value is -1.80. The summed E-state index contributed by atoms with van der Waals surface area (Å²) in [7, 11) is 4.22. The third-order valence-electron chi connectivity index (χ3n) is 6.50. The van der Waals surface area contributed by atoms with Gasteiger partial charge in [-0.2, -0.15) is 0 Å². The molecule has 2 aliphatic rings. The summed E-state index contributed by atoms with van der Waals surface area (Å²) in [5.74, 6) is 7.16. The van der Waals surface area contributed by atoms with E-state index in [0.29, 0.717) is 12.8 Å². The van der Waals surface area contributed by atoms with Gasteiger partial charge in [0.2, 0.25) is 0 Å². The highest BCUT2D eigenvalue weighted by Crippen LogP contribution is 2.52.